The highest BCUT2D eigenvalue weighted by Gasteiger charge is 2.42. The molecule has 0 bridgehead atoms. The van der Waals surface area contributed by atoms with Gasteiger partial charge in [0, 0.05) is 0 Å². The Morgan fingerprint density at radius 3 is 2.47 bits per heavy atom. The first-order chi connectivity index (χ1) is 7.82. The first-order valence-corrected chi connectivity index (χ1v) is 4.98. The van der Waals surface area contributed by atoms with Crippen LogP contribution in [0.3, 0.4) is 0 Å². The van der Waals surface area contributed by atoms with Crippen LogP contribution in [-0.4, -0.2) is 18.6 Å². The zero-order valence-corrected chi connectivity index (χ0v) is 9.35. The lowest BCUT2D eigenvalue weighted by Crippen LogP contribution is -2.39. The molecule has 1 rings (SSSR count). The van der Waals surface area contributed by atoms with Gasteiger partial charge in [0.1, 0.15) is 24.1 Å². The van der Waals surface area contributed by atoms with E-state index in [4.69, 9.17) is 27.5 Å². The number of para-hydroxylation sites is 1. The largest absolute Gasteiger partial charge is 0.491 e. The van der Waals surface area contributed by atoms with Crippen LogP contribution in [-0.2, 0) is 0 Å². The van der Waals surface area contributed by atoms with Crippen molar-refractivity contribution in [1.29, 1.82) is 5.41 Å². The number of nitrogens with two attached hydrogens (primary N) is 1. The van der Waals surface area contributed by atoms with Crippen molar-refractivity contribution in [3.8, 4) is 5.75 Å². The van der Waals surface area contributed by atoms with Crippen LogP contribution in [0.25, 0.3) is 0 Å². The van der Waals surface area contributed by atoms with Crippen molar-refractivity contribution in [2.45, 2.75) is 6.18 Å². The second-order valence-electron chi connectivity index (χ2n) is 3.29. The standard InChI is InChI=1S/C10H10ClF3N2O/c11-7-3-1-2-4-8(7)17-5-6(9(15)16)10(12,13)14/h1-4,6H,5H2,(H3,15,16). The Balaban J connectivity index is 2.72. The molecule has 3 N–H and O–H groups in total. The fourth-order valence-electron chi connectivity index (χ4n) is 1.10. The van der Waals surface area contributed by atoms with Crippen molar-refractivity contribution < 1.29 is 17.9 Å². The van der Waals surface area contributed by atoms with Crippen LogP contribution in [0.15, 0.2) is 24.3 Å². The highest BCUT2D eigenvalue weighted by atomic mass is 35.5. The summed E-state index contributed by atoms with van der Waals surface area (Å²) in [6, 6.07) is 6.14. The van der Waals surface area contributed by atoms with Gasteiger partial charge in [0.15, 0.2) is 0 Å². The zero-order chi connectivity index (χ0) is 13.1. The Kier molecular flexibility index (Phi) is 4.22. The van der Waals surface area contributed by atoms with Crippen LogP contribution in [0.1, 0.15) is 0 Å². The fraction of sp³-hybridized carbons (Fsp3) is 0.300. The van der Waals surface area contributed by atoms with Crippen molar-refractivity contribution >= 4 is 17.4 Å². The Labute approximate surface area is 101 Å². The van der Waals surface area contributed by atoms with Crippen molar-refractivity contribution in [3.05, 3.63) is 29.3 Å². The molecular formula is C10H10ClF3N2O. The molecule has 0 aliphatic carbocycles. The lowest BCUT2D eigenvalue weighted by molar-refractivity contribution is -0.162. The van der Waals surface area contributed by atoms with E-state index in [0.717, 1.165) is 0 Å². The van der Waals surface area contributed by atoms with Gasteiger partial charge in [0.25, 0.3) is 0 Å². The van der Waals surface area contributed by atoms with E-state index >= 15 is 0 Å². The molecule has 0 aliphatic rings. The van der Waals surface area contributed by atoms with Crippen LogP contribution in [0.5, 0.6) is 5.75 Å². The molecule has 1 atom stereocenters. The summed E-state index contributed by atoms with van der Waals surface area (Å²) in [6.07, 6.45) is -4.60. The maximum Gasteiger partial charge on any atom is 0.401 e. The van der Waals surface area contributed by atoms with Crippen LogP contribution < -0.4 is 10.5 Å². The molecule has 17 heavy (non-hydrogen) atoms. The van der Waals surface area contributed by atoms with E-state index in [9.17, 15) is 13.2 Å². The lowest BCUT2D eigenvalue weighted by Gasteiger charge is -2.19. The van der Waals surface area contributed by atoms with E-state index in [0.29, 0.717) is 0 Å². The predicted molar refractivity (Wildman–Crippen MR) is 58.4 cm³/mol. The summed E-state index contributed by atoms with van der Waals surface area (Å²) in [5.41, 5.74) is 4.88. The number of nitrogens with one attached hydrogen (secondary N) is 1. The maximum absolute atomic E-state index is 12.4. The summed E-state index contributed by atoms with van der Waals surface area (Å²) < 4.78 is 42.2. The highest BCUT2D eigenvalue weighted by molar-refractivity contribution is 6.32. The van der Waals surface area contributed by atoms with E-state index in [2.05, 4.69) is 0 Å². The molecule has 1 aromatic rings. The molecular weight excluding hydrogens is 257 g/mol. The second kappa shape index (κ2) is 5.27. The molecule has 0 amide bonds. The molecule has 0 saturated carbocycles. The zero-order valence-electron chi connectivity index (χ0n) is 8.59. The SMILES string of the molecule is N=C(N)C(COc1ccccc1Cl)C(F)(F)F. The summed E-state index contributed by atoms with van der Waals surface area (Å²) >= 11 is 5.71. The summed E-state index contributed by atoms with van der Waals surface area (Å²) in [5, 5.41) is 7.08. The van der Waals surface area contributed by atoms with Crippen molar-refractivity contribution in [2.24, 2.45) is 11.7 Å². The quantitative estimate of drug-likeness (QED) is 0.650. The molecule has 1 unspecified atom stereocenters. The number of hydrogen-bond acceptors (Lipinski definition) is 2. The molecule has 0 fully saturated rings. The first-order valence-electron chi connectivity index (χ1n) is 4.60. The molecule has 0 heterocycles. The fourth-order valence-corrected chi connectivity index (χ4v) is 1.29. The minimum atomic E-state index is -4.60. The number of amidine groups is 1. The molecule has 0 radical (unpaired) electrons. The first kappa shape index (κ1) is 13.6. The van der Waals surface area contributed by atoms with Gasteiger partial charge >= 0.3 is 6.18 Å². The van der Waals surface area contributed by atoms with E-state index in [1.54, 1.807) is 12.1 Å². The second-order valence-corrected chi connectivity index (χ2v) is 3.70. The molecule has 0 spiro atoms. The molecule has 0 aliphatic heterocycles. The van der Waals surface area contributed by atoms with Gasteiger partial charge in [-0.3, -0.25) is 5.41 Å². The van der Waals surface area contributed by atoms with E-state index in [1.165, 1.54) is 12.1 Å². The monoisotopic (exact) mass is 266 g/mol. The van der Waals surface area contributed by atoms with Crippen LogP contribution in [0.4, 0.5) is 13.2 Å². The third kappa shape index (κ3) is 3.81. The normalized spacial score (nSPS) is 13.2. The predicted octanol–water partition coefficient (Wildman–Crippen LogP) is 2.83. The van der Waals surface area contributed by atoms with E-state index in [1.807, 2.05) is 0 Å². The van der Waals surface area contributed by atoms with Crippen molar-refractivity contribution in [3.63, 3.8) is 0 Å². The number of rotatable bonds is 4. The maximum atomic E-state index is 12.4. The Morgan fingerprint density at radius 2 is 2.00 bits per heavy atom. The Bertz CT molecular complexity index is 409. The molecule has 1 aromatic carbocycles. The summed E-state index contributed by atoms with van der Waals surface area (Å²) in [5.74, 6) is -2.98. The third-order valence-electron chi connectivity index (χ3n) is 2.01. The number of hydrogen-bond donors (Lipinski definition) is 2. The third-order valence-corrected chi connectivity index (χ3v) is 2.32. The summed E-state index contributed by atoms with van der Waals surface area (Å²) in [4.78, 5) is 0. The van der Waals surface area contributed by atoms with Crippen molar-refractivity contribution in [1.82, 2.24) is 0 Å². The number of alkyl halides is 3. The average Bonchev–Trinajstić information content (AvgIpc) is 2.18. The number of benzene rings is 1. The Hall–Kier alpha value is -1.43. The number of halogens is 4. The minimum Gasteiger partial charge on any atom is -0.491 e. The van der Waals surface area contributed by atoms with Crippen LogP contribution in [0.2, 0.25) is 5.02 Å². The van der Waals surface area contributed by atoms with Gasteiger partial charge in [-0.1, -0.05) is 23.7 Å². The van der Waals surface area contributed by atoms with E-state index < -0.39 is 24.5 Å². The van der Waals surface area contributed by atoms with E-state index in [-0.39, 0.29) is 10.8 Å². The van der Waals surface area contributed by atoms with Gasteiger partial charge in [-0.2, -0.15) is 13.2 Å². The van der Waals surface area contributed by atoms with Crippen molar-refractivity contribution in [2.75, 3.05) is 6.61 Å². The average molecular weight is 267 g/mol. The number of ether oxygens (including phenoxy) is 1. The topological polar surface area (TPSA) is 59.1 Å². The summed E-state index contributed by atoms with van der Waals surface area (Å²) in [6.45, 7) is -0.761. The van der Waals surface area contributed by atoms with Gasteiger partial charge in [0.05, 0.1) is 5.02 Å². The van der Waals surface area contributed by atoms with Gasteiger partial charge in [-0.25, -0.2) is 0 Å². The molecule has 0 aromatic heterocycles. The van der Waals surface area contributed by atoms with Gasteiger partial charge in [0.2, 0.25) is 0 Å². The Morgan fingerprint density at radius 1 is 1.41 bits per heavy atom. The van der Waals surface area contributed by atoms with Crippen LogP contribution >= 0.6 is 11.6 Å². The van der Waals surface area contributed by atoms with Crippen LogP contribution in [0, 0.1) is 11.3 Å². The van der Waals surface area contributed by atoms with Gasteiger partial charge < -0.3 is 10.5 Å². The minimum absolute atomic E-state index is 0.129. The lowest BCUT2D eigenvalue weighted by atomic mass is 10.1. The molecule has 3 nitrogen and oxygen atoms in total. The summed E-state index contributed by atoms with van der Waals surface area (Å²) in [7, 11) is 0. The molecule has 0 saturated heterocycles. The van der Waals surface area contributed by atoms with Gasteiger partial charge in [-0.15, -0.1) is 0 Å². The molecule has 7 heteroatoms. The van der Waals surface area contributed by atoms with Gasteiger partial charge in [-0.05, 0) is 12.1 Å². The molecule has 94 valence electrons. The smallest absolute Gasteiger partial charge is 0.401 e. The highest BCUT2D eigenvalue weighted by Crippen LogP contribution is 2.29.